The first kappa shape index (κ1) is 16.0. The summed E-state index contributed by atoms with van der Waals surface area (Å²) in [5.74, 6) is 0.356. The molecular weight excluding hydrogens is 290 g/mol. The normalized spacial score (nSPS) is 17.1. The molecule has 1 unspecified atom stereocenters. The molecule has 22 heavy (non-hydrogen) atoms. The van der Waals surface area contributed by atoms with Gasteiger partial charge in [0.25, 0.3) is 11.6 Å². The summed E-state index contributed by atoms with van der Waals surface area (Å²) in [5, 5.41) is 17.1. The Bertz CT molecular complexity index is 570. The van der Waals surface area contributed by atoms with E-state index in [9.17, 15) is 14.9 Å². The molecule has 1 heterocycles. The molecule has 1 aromatic rings. The van der Waals surface area contributed by atoms with Gasteiger partial charge >= 0.3 is 0 Å². The number of hydrogen-bond acceptors (Lipinski definition) is 6. The van der Waals surface area contributed by atoms with E-state index in [2.05, 4.69) is 10.6 Å². The molecule has 120 valence electrons. The molecule has 2 N–H and O–H groups in total. The van der Waals surface area contributed by atoms with Gasteiger partial charge in [0.05, 0.1) is 25.2 Å². The van der Waals surface area contributed by atoms with Gasteiger partial charge in [-0.1, -0.05) is 0 Å². The van der Waals surface area contributed by atoms with Crippen LogP contribution >= 0.6 is 0 Å². The maximum Gasteiger partial charge on any atom is 0.286 e. The second-order valence-electron chi connectivity index (χ2n) is 5.05. The Morgan fingerprint density at radius 1 is 1.41 bits per heavy atom. The molecule has 1 amide bonds. The average Bonchev–Trinajstić information content (AvgIpc) is 3.04. The Hall–Kier alpha value is -2.35. The molecule has 8 nitrogen and oxygen atoms in total. The number of carbonyl (C=O) groups is 1. The fourth-order valence-corrected chi connectivity index (χ4v) is 2.42. The quantitative estimate of drug-likeness (QED) is 0.599. The van der Waals surface area contributed by atoms with Crippen LogP contribution in [-0.2, 0) is 0 Å². The van der Waals surface area contributed by atoms with Crippen LogP contribution in [0.1, 0.15) is 16.8 Å². The summed E-state index contributed by atoms with van der Waals surface area (Å²) < 4.78 is 10.1. The van der Waals surface area contributed by atoms with Crippen LogP contribution in [0.15, 0.2) is 12.1 Å². The molecule has 1 atom stereocenters. The lowest BCUT2D eigenvalue weighted by Gasteiger charge is -2.12. The first-order valence-electron chi connectivity index (χ1n) is 6.96. The Morgan fingerprint density at radius 3 is 2.64 bits per heavy atom. The smallest absolute Gasteiger partial charge is 0.286 e. The van der Waals surface area contributed by atoms with E-state index in [4.69, 9.17) is 9.47 Å². The molecule has 0 aromatic heterocycles. The third-order valence-corrected chi connectivity index (χ3v) is 3.66. The molecular formula is C14H19N3O5. The van der Waals surface area contributed by atoms with Gasteiger partial charge in [0.2, 0.25) is 0 Å². The zero-order valence-electron chi connectivity index (χ0n) is 12.5. The number of nitro groups is 1. The number of rotatable bonds is 6. The number of benzene rings is 1. The lowest BCUT2D eigenvalue weighted by Crippen LogP contribution is -2.30. The molecule has 1 fully saturated rings. The van der Waals surface area contributed by atoms with Crippen molar-refractivity contribution in [1.82, 2.24) is 10.6 Å². The molecule has 2 rings (SSSR count). The molecule has 0 aliphatic carbocycles. The first-order chi connectivity index (χ1) is 10.6. The van der Waals surface area contributed by atoms with E-state index in [1.54, 1.807) is 0 Å². The fourth-order valence-electron chi connectivity index (χ4n) is 2.42. The monoisotopic (exact) mass is 309 g/mol. The lowest BCUT2D eigenvalue weighted by molar-refractivity contribution is -0.385. The topological polar surface area (TPSA) is 103 Å². The van der Waals surface area contributed by atoms with Gasteiger partial charge in [0, 0.05) is 12.6 Å². The van der Waals surface area contributed by atoms with Crippen LogP contribution in [-0.4, -0.2) is 44.7 Å². The van der Waals surface area contributed by atoms with E-state index in [0.29, 0.717) is 12.5 Å². The second-order valence-corrected chi connectivity index (χ2v) is 5.05. The van der Waals surface area contributed by atoms with Crippen molar-refractivity contribution in [2.24, 2.45) is 5.92 Å². The standard InChI is InChI=1S/C14H19N3O5/c1-21-12-5-10(11(17(19)20)6-13(12)22-2)14(18)16-8-9-3-4-15-7-9/h5-6,9,15H,3-4,7-8H2,1-2H3,(H,16,18). The highest BCUT2D eigenvalue weighted by Crippen LogP contribution is 2.34. The molecule has 0 saturated carbocycles. The molecule has 1 aliphatic rings. The van der Waals surface area contributed by atoms with E-state index in [1.165, 1.54) is 26.4 Å². The van der Waals surface area contributed by atoms with Crippen molar-refractivity contribution in [1.29, 1.82) is 0 Å². The first-order valence-corrected chi connectivity index (χ1v) is 6.96. The Labute approximate surface area is 127 Å². The molecule has 1 saturated heterocycles. The zero-order chi connectivity index (χ0) is 16.1. The highest BCUT2D eigenvalue weighted by Gasteiger charge is 2.25. The molecule has 0 bridgehead atoms. The summed E-state index contributed by atoms with van der Waals surface area (Å²) in [6.45, 7) is 2.25. The Balaban J connectivity index is 2.22. The van der Waals surface area contributed by atoms with Gasteiger partial charge in [-0.2, -0.15) is 0 Å². The van der Waals surface area contributed by atoms with Crippen molar-refractivity contribution in [3.8, 4) is 11.5 Å². The third kappa shape index (κ3) is 3.45. The maximum atomic E-state index is 12.3. The summed E-state index contributed by atoms with van der Waals surface area (Å²) in [7, 11) is 2.80. The molecule has 1 aromatic carbocycles. The van der Waals surface area contributed by atoms with E-state index >= 15 is 0 Å². The number of ether oxygens (including phenoxy) is 2. The van der Waals surface area contributed by atoms with Crippen molar-refractivity contribution < 1.29 is 19.2 Å². The fraction of sp³-hybridized carbons (Fsp3) is 0.500. The van der Waals surface area contributed by atoms with Crippen molar-refractivity contribution in [2.45, 2.75) is 6.42 Å². The predicted octanol–water partition coefficient (Wildman–Crippen LogP) is 0.951. The van der Waals surface area contributed by atoms with Crippen molar-refractivity contribution in [3.05, 3.63) is 27.8 Å². The average molecular weight is 309 g/mol. The number of nitro benzene ring substituents is 1. The van der Waals surface area contributed by atoms with Gasteiger partial charge in [-0.05, 0) is 25.4 Å². The minimum atomic E-state index is -0.603. The van der Waals surface area contributed by atoms with Gasteiger partial charge in [0.15, 0.2) is 11.5 Å². The van der Waals surface area contributed by atoms with E-state index < -0.39 is 10.8 Å². The van der Waals surface area contributed by atoms with Crippen LogP contribution in [0.2, 0.25) is 0 Å². The molecule has 0 spiro atoms. The SMILES string of the molecule is COc1cc(C(=O)NCC2CCNC2)c([N+](=O)[O-])cc1OC. The van der Waals surface area contributed by atoms with E-state index in [1.807, 2.05) is 0 Å². The number of nitrogens with zero attached hydrogens (tertiary/aromatic N) is 1. The summed E-state index contributed by atoms with van der Waals surface area (Å²) >= 11 is 0. The van der Waals surface area contributed by atoms with Crippen molar-refractivity contribution in [3.63, 3.8) is 0 Å². The van der Waals surface area contributed by atoms with Crippen LogP contribution in [0.5, 0.6) is 11.5 Å². The number of methoxy groups -OCH3 is 2. The summed E-state index contributed by atoms with van der Waals surface area (Å²) in [5.41, 5.74) is -0.340. The lowest BCUT2D eigenvalue weighted by atomic mass is 10.1. The van der Waals surface area contributed by atoms with Crippen LogP contribution in [0, 0.1) is 16.0 Å². The molecule has 1 aliphatic heterocycles. The highest BCUT2D eigenvalue weighted by atomic mass is 16.6. The van der Waals surface area contributed by atoms with Crippen LogP contribution in [0.3, 0.4) is 0 Å². The van der Waals surface area contributed by atoms with Gasteiger partial charge in [-0.3, -0.25) is 14.9 Å². The van der Waals surface area contributed by atoms with E-state index in [0.717, 1.165) is 19.5 Å². The van der Waals surface area contributed by atoms with Gasteiger partial charge < -0.3 is 20.1 Å². The van der Waals surface area contributed by atoms with Crippen LogP contribution in [0.25, 0.3) is 0 Å². The predicted molar refractivity (Wildman–Crippen MR) is 79.5 cm³/mol. The largest absolute Gasteiger partial charge is 0.493 e. The number of hydrogen-bond donors (Lipinski definition) is 2. The van der Waals surface area contributed by atoms with Crippen molar-refractivity contribution in [2.75, 3.05) is 33.9 Å². The number of carbonyl (C=O) groups excluding carboxylic acids is 1. The third-order valence-electron chi connectivity index (χ3n) is 3.66. The highest BCUT2D eigenvalue weighted by molar-refractivity contribution is 5.99. The molecule has 8 heteroatoms. The minimum Gasteiger partial charge on any atom is -0.493 e. The summed E-state index contributed by atoms with van der Waals surface area (Å²) in [4.78, 5) is 22.8. The number of nitrogens with one attached hydrogen (secondary N) is 2. The molecule has 0 radical (unpaired) electrons. The summed E-state index contributed by atoms with van der Waals surface area (Å²) in [6.07, 6.45) is 0.980. The van der Waals surface area contributed by atoms with Crippen molar-refractivity contribution >= 4 is 11.6 Å². The Kier molecular flexibility index (Phi) is 5.16. The second kappa shape index (κ2) is 7.08. The Morgan fingerprint density at radius 2 is 2.09 bits per heavy atom. The van der Waals surface area contributed by atoms with Gasteiger partial charge in [-0.15, -0.1) is 0 Å². The van der Waals surface area contributed by atoms with Gasteiger partial charge in [0.1, 0.15) is 5.56 Å². The van der Waals surface area contributed by atoms with Crippen LogP contribution in [0.4, 0.5) is 5.69 Å². The van der Waals surface area contributed by atoms with Crippen LogP contribution < -0.4 is 20.1 Å². The van der Waals surface area contributed by atoms with E-state index in [-0.39, 0.29) is 22.7 Å². The maximum absolute atomic E-state index is 12.3. The van der Waals surface area contributed by atoms with Gasteiger partial charge in [-0.25, -0.2) is 0 Å². The number of amides is 1. The zero-order valence-corrected chi connectivity index (χ0v) is 12.5. The minimum absolute atomic E-state index is 0.0337. The summed E-state index contributed by atoms with van der Waals surface area (Å²) in [6, 6.07) is 2.53.